The molecule has 13 heavy (non-hydrogen) atoms. The van der Waals surface area contributed by atoms with Crippen LogP contribution < -0.4 is 0 Å². The van der Waals surface area contributed by atoms with Crippen LogP contribution in [0, 0.1) is 11.3 Å². The quantitative estimate of drug-likeness (QED) is 0.629. The molecule has 0 fully saturated rings. The van der Waals surface area contributed by atoms with Gasteiger partial charge in [0.1, 0.15) is 0 Å². The van der Waals surface area contributed by atoms with Gasteiger partial charge in [0.05, 0.1) is 0 Å². The molecule has 0 unspecified atom stereocenters. The second kappa shape index (κ2) is 4.54. The Labute approximate surface area is 80.7 Å². The first-order chi connectivity index (χ1) is 5.74. The maximum atomic E-state index is 11.3. The molecule has 0 heterocycles. The van der Waals surface area contributed by atoms with Crippen molar-refractivity contribution in [1.29, 1.82) is 0 Å². The monoisotopic (exact) mass is 184 g/mol. The minimum atomic E-state index is -0.232. The summed E-state index contributed by atoms with van der Waals surface area (Å²) in [5, 5.41) is 0. The fourth-order valence-corrected chi connectivity index (χ4v) is 0.934. The highest BCUT2D eigenvalue weighted by atomic mass is 16.2. The van der Waals surface area contributed by atoms with Crippen LogP contribution in [0.5, 0.6) is 0 Å². The third kappa shape index (κ3) is 5.56. The van der Waals surface area contributed by atoms with E-state index in [0.717, 1.165) is 6.42 Å². The molecule has 0 atom stereocenters. The fraction of sp³-hybridized carbons (Fsp3) is 0.818. The van der Waals surface area contributed by atoms with Crippen LogP contribution in [-0.2, 0) is 9.59 Å². The summed E-state index contributed by atoms with van der Waals surface area (Å²) in [6.07, 6.45) is 1.17. The van der Waals surface area contributed by atoms with Crippen LogP contribution in [0.3, 0.4) is 0 Å². The molecule has 0 radical (unpaired) electrons. The van der Waals surface area contributed by atoms with Gasteiger partial charge in [0.25, 0.3) is 0 Å². The molecule has 76 valence electrons. The van der Waals surface area contributed by atoms with Crippen LogP contribution in [0.2, 0.25) is 0 Å². The van der Waals surface area contributed by atoms with Crippen LogP contribution in [0.15, 0.2) is 0 Å². The zero-order valence-electron chi connectivity index (χ0n) is 9.31. The molecule has 0 aromatic rings. The molecule has 0 bridgehead atoms. The number of hydrogen-bond acceptors (Lipinski definition) is 2. The van der Waals surface area contributed by atoms with Crippen molar-refractivity contribution in [3.63, 3.8) is 0 Å². The Kier molecular flexibility index (Phi) is 4.31. The number of carbonyl (C=O) groups excluding carboxylic acids is 2. The molecule has 2 nitrogen and oxygen atoms in total. The number of carbonyl (C=O) groups is 2. The lowest BCUT2D eigenvalue weighted by atomic mass is 9.88. The predicted octanol–water partition coefficient (Wildman–Crippen LogP) is 2.61. The van der Waals surface area contributed by atoms with E-state index in [1.54, 1.807) is 13.8 Å². The third-order valence-corrected chi connectivity index (χ3v) is 1.90. The number of Topliss-reactive ketones (excluding diaryl/α,β-unsaturated/α-hetero) is 2. The van der Waals surface area contributed by atoms with Crippen LogP contribution >= 0.6 is 0 Å². The summed E-state index contributed by atoms with van der Waals surface area (Å²) < 4.78 is 0. The van der Waals surface area contributed by atoms with Crippen molar-refractivity contribution in [1.82, 2.24) is 0 Å². The van der Waals surface area contributed by atoms with E-state index in [0.29, 0.717) is 6.42 Å². The van der Waals surface area contributed by atoms with Crippen molar-refractivity contribution in [2.45, 2.75) is 47.5 Å². The smallest absolute Gasteiger partial charge is 0.200 e. The van der Waals surface area contributed by atoms with Crippen molar-refractivity contribution in [2.75, 3.05) is 0 Å². The van der Waals surface area contributed by atoms with Gasteiger partial charge in [0.15, 0.2) is 5.78 Å². The van der Waals surface area contributed by atoms with Crippen molar-refractivity contribution in [2.24, 2.45) is 11.3 Å². The van der Waals surface area contributed by atoms with Crippen LogP contribution in [0.1, 0.15) is 47.5 Å². The van der Waals surface area contributed by atoms with Gasteiger partial charge in [0.2, 0.25) is 5.78 Å². The Morgan fingerprint density at radius 1 is 1.15 bits per heavy atom. The highest BCUT2D eigenvalue weighted by Crippen LogP contribution is 2.20. The lowest BCUT2D eigenvalue weighted by Crippen LogP contribution is -2.21. The van der Waals surface area contributed by atoms with E-state index in [9.17, 15) is 9.59 Å². The average molecular weight is 184 g/mol. The number of rotatable bonds is 4. The van der Waals surface area contributed by atoms with Gasteiger partial charge in [-0.3, -0.25) is 9.59 Å². The fourth-order valence-electron chi connectivity index (χ4n) is 0.934. The first kappa shape index (κ1) is 12.3. The Hall–Kier alpha value is -0.660. The van der Waals surface area contributed by atoms with E-state index < -0.39 is 0 Å². The summed E-state index contributed by atoms with van der Waals surface area (Å²) in [5.41, 5.74) is 0.132. The molecule has 0 rings (SSSR count). The third-order valence-electron chi connectivity index (χ3n) is 1.90. The van der Waals surface area contributed by atoms with Gasteiger partial charge in [0, 0.05) is 12.3 Å². The van der Waals surface area contributed by atoms with Crippen LogP contribution in [0.4, 0.5) is 0 Å². The van der Waals surface area contributed by atoms with Gasteiger partial charge >= 0.3 is 0 Å². The van der Waals surface area contributed by atoms with Crippen LogP contribution in [-0.4, -0.2) is 11.6 Å². The van der Waals surface area contributed by atoms with Crippen molar-refractivity contribution in [3.8, 4) is 0 Å². The molecule has 0 aromatic carbocycles. The maximum absolute atomic E-state index is 11.3. The maximum Gasteiger partial charge on any atom is 0.200 e. The molecule has 0 aliphatic carbocycles. The second-order valence-corrected chi connectivity index (χ2v) is 5.00. The summed E-state index contributed by atoms with van der Waals surface area (Å²) >= 11 is 0. The standard InChI is InChI=1S/C11H20O2/c1-8(2)10(13)9(12)6-7-11(3,4)5/h8H,6-7H2,1-5H3. The van der Waals surface area contributed by atoms with E-state index in [4.69, 9.17) is 0 Å². The highest BCUT2D eigenvalue weighted by Gasteiger charge is 2.19. The topological polar surface area (TPSA) is 34.1 Å². The van der Waals surface area contributed by atoms with E-state index >= 15 is 0 Å². The largest absolute Gasteiger partial charge is 0.291 e. The molecule has 0 N–H and O–H groups in total. The number of hydrogen-bond donors (Lipinski definition) is 0. The van der Waals surface area contributed by atoms with Crippen LogP contribution in [0.25, 0.3) is 0 Å². The summed E-state index contributed by atoms with van der Waals surface area (Å²) in [6.45, 7) is 9.73. The summed E-state index contributed by atoms with van der Waals surface area (Å²) in [7, 11) is 0. The molecular formula is C11H20O2. The van der Waals surface area contributed by atoms with Crippen molar-refractivity contribution in [3.05, 3.63) is 0 Å². The van der Waals surface area contributed by atoms with Gasteiger partial charge in [-0.05, 0) is 11.8 Å². The zero-order chi connectivity index (χ0) is 10.6. The predicted molar refractivity (Wildman–Crippen MR) is 53.5 cm³/mol. The summed E-state index contributed by atoms with van der Waals surface area (Å²) in [6, 6.07) is 0. The number of ketones is 2. The average Bonchev–Trinajstić information content (AvgIpc) is 1.97. The van der Waals surface area contributed by atoms with Gasteiger partial charge in [-0.25, -0.2) is 0 Å². The Bertz CT molecular complexity index is 197. The Balaban J connectivity index is 3.96. The molecule has 0 saturated heterocycles. The molecule has 0 saturated carbocycles. The molecule has 0 aliphatic rings. The van der Waals surface area contributed by atoms with Gasteiger partial charge in [-0.15, -0.1) is 0 Å². The Morgan fingerprint density at radius 3 is 1.92 bits per heavy atom. The SMILES string of the molecule is CC(C)C(=O)C(=O)CCC(C)(C)C. The first-order valence-electron chi connectivity index (χ1n) is 4.81. The van der Waals surface area contributed by atoms with E-state index in [-0.39, 0.29) is 22.9 Å². The lowest BCUT2D eigenvalue weighted by molar-refractivity contribution is -0.138. The lowest BCUT2D eigenvalue weighted by Gasteiger charge is -2.16. The first-order valence-corrected chi connectivity index (χ1v) is 4.81. The van der Waals surface area contributed by atoms with Crippen molar-refractivity contribution < 1.29 is 9.59 Å². The molecule has 0 aliphatic heterocycles. The molecular weight excluding hydrogens is 164 g/mol. The Morgan fingerprint density at radius 2 is 1.62 bits per heavy atom. The second-order valence-electron chi connectivity index (χ2n) is 5.00. The molecule has 0 aromatic heterocycles. The van der Waals surface area contributed by atoms with Gasteiger partial charge in [-0.1, -0.05) is 34.6 Å². The molecule has 0 amide bonds. The minimum Gasteiger partial charge on any atom is -0.291 e. The van der Waals surface area contributed by atoms with E-state index in [1.807, 2.05) is 0 Å². The van der Waals surface area contributed by atoms with Crippen molar-refractivity contribution >= 4 is 11.6 Å². The zero-order valence-corrected chi connectivity index (χ0v) is 9.31. The molecule has 2 heteroatoms. The van der Waals surface area contributed by atoms with E-state index in [2.05, 4.69) is 20.8 Å². The minimum absolute atomic E-state index is 0.132. The highest BCUT2D eigenvalue weighted by molar-refractivity contribution is 6.37. The van der Waals surface area contributed by atoms with Gasteiger partial charge < -0.3 is 0 Å². The summed E-state index contributed by atoms with van der Waals surface area (Å²) in [5.74, 6) is -0.610. The molecule has 0 spiro atoms. The van der Waals surface area contributed by atoms with Gasteiger partial charge in [-0.2, -0.15) is 0 Å². The van der Waals surface area contributed by atoms with E-state index in [1.165, 1.54) is 0 Å². The summed E-state index contributed by atoms with van der Waals surface area (Å²) in [4.78, 5) is 22.5. The normalized spacial score (nSPS) is 11.8.